The van der Waals surface area contributed by atoms with Crippen LogP contribution < -0.4 is 4.90 Å². The molecule has 1 aromatic heterocycles. The third-order valence-corrected chi connectivity index (χ3v) is 1.34. The molecule has 2 nitrogen and oxygen atoms in total. The fourth-order valence-corrected chi connectivity index (χ4v) is 0.685. The molecule has 0 N–H and O–H groups in total. The SMILES string of the molecule is C=CN(C)c1ccncc1. The van der Waals surface area contributed by atoms with Crippen LogP contribution in [0.25, 0.3) is 0 Å². The van der Waals surface area contributed by atoms with Crippen LogP contribution in [0.15, 0.2) is 37.3 Å². The Morgan fingerprint density at radius 1 is 1.50 bits per heavy atom. The maximum Gasteiger partial charge on any atom is 0.0434 e. The van der Waals surface area contributed by atoms with E-state index in [0.29, 0.717) is 0 Å². The molecule has 0 unspecified atom stereocenters. The van der Waals surface area contributed by atoms with E-state index in [1.54, 1.807) is 18.6 Å². The maximum atomic E-state index is 3.90. The van der Waals surface area contributed by atoms with Crippen molar-refractivity contribution < 1.29 is 0 Å². The van der Waals surface area contributed by atoms with Crippen LogP contribution in [0.1, 0.15) is 0 Å². The Bertz CT molecular complexity index is 206. The number of aromatic nitrogens is 1. The number of rotatable bonds is 2. The smallest absolute Gasteiger partial charge is 0.0434 e. The van der Waals surface area contributed by atoms with Gasteiger partial charge in [-0.25, -0.2) is 0 Å². The molecule has 0 aliphatic heterocycles. The second kappa shape index (κ2) is 3.01. The van der Waals surface area contributed by atoms with E-state index in [1.165, 1.54) is 0 Å². The first-order valence-electron chi connectivity index (χ1n) is 3.10. The normalized spacial score (nSPS) is 8.90. The highest BCUT2D eigenvalue weighted by Gasteiger charge is 1.90. The van der Waals surface area contributed by atoms with Gasteiger partial charge >= 0.3 is 0 Å². The number of pyridine rings is 1. The minimum absolute atomic E-state index is 1.10. The van der Waals surface area contributed by atoms with E-state index in [1.807, 2.05) is 24.1 Å². The van der Waals surface area contributed by atoms with Crippen LogP contribution in [0.3, 0.4) is 0 Å². The molecule has 0 atom stereocenters. The van der Waals surface area contributed by atoms with Crippen LogP contribution >= 0.6 is 0 Å². The molecule has 52 valence electrons. The molecule has 10 heavy (non-hydrogen) atoms. The molecule has 0 amide bonds. The molecule has 0 radical (unpaired) electrons. The zero-order valence-corrected chi connectivity index (χ0v) is 5.99. The van der Waals surface area contributed by atoms with Gasteiger partial charge in [0.05, 0.1) is 0 Å². The standard InChI is InChI=1S/C8H10N2/c1-3-10(2)8-4-6-9-7-5-8/h3-7H,1H2,2H3. The van der Waals surface area contributed by atoms with Crippen molar-refractivity contribution >= 4 is 5.69 Å². The summed E-state index contributed by atoms with van der Waals surface area (Å²) in [6, 6.07) is 3.86. The van der Waals surface area contributed by atoms with Crippen LogP contribution in [0.2, 0.25) is 0 Å². The van der Waals surface area contributed by atoms with Crippen LogP contribution in [-0.4, -0.2) is 12.0 Å². The Morgan fingerprint density at radius 2 is 2.10 bits per heavy atom. The maximum absolute atomic E-state index is 3.90. The second-order valence-corrected chi connectivity index (χ2v) is 2.00. The van der Waals surface area contributed by atoms with E-state index < -0.39 is 0 Å². The number of hydrogen-bond acceptors (Lipinski definition) is 2. The lowest BCUT2D eigenvalue weighted by atomic mass is 10.4. The molecule has 0 bridgehead atoms. The molecule has 1 heterocycles. The fraction of sp³-hybridized carbons (Fsp3) is 0.125. The second-order valence-electron chi connectivity index (χ2n) is 2.00. The van der Waals surface area contributed by atoms with Gasteiger partial charge < -0.3 is 4.90 Å². The van der Waals surface area contributed by atoms with Gasteiger partial charge in [0.25, 0.3) is 0 Å². The average molecular weight is 134 g/mol. The molecular weight excluding hydrogens is 124 g/mol. The Labute approximate surface area is 60.8 Å². The largest absolute Gasteiger partial charge is 0.352 e. The molecule has 0 fully saturated rings. The zero-order valence-electron chi connectivity index (χ0n) is 5.99. The summed E-state index contributed by atoms with van der Waals surface area (Å²) < 4.78 is 0. The van der Waals surface area contributed by atoms with Crippen molar-refractivity contribution in [3.8, 4) is 0 Å². The Morgan fingerprint density at radius 3 is 2.60 bits per heavy atom. The van der Waals surface area contributed by atoms with Crippen molar-refractivity contribution in [1.29, 1.82) is 0 Å². The van der Waals surface area contributed by atoms with E-state index in [9.17, 15) is 0 Å². The molecule has 1 rings (SSSR count). The molecule has 0 spiro atoms. The number of anilines is 1. The molecule has 0 saturated heterocycles. The van der Waals surface area contributed by atoms with Crippen molar-refractivity contribution in [1.82, 2.24) is 4.98 Å². The highest BCUT2D eigenvalue weighted by atomic mass is 15.1. The highest BCUT2D eigenvalue weighted by molar-refractivity contribution is 5.45. The van der Waals surface area contributed by atoms with Gasteiger partial charge in [-0.05, 0) is 18.3 Å². The Kier molecular flexibility index (Phi) is 2.05. The van der Waals surface area contributed by atoms with Crippen LogP contribution in [0.4, 0.5) is 5.69 Å². The highest BCUT2D eigenvalue weighted by Crippen LogP contribution is 2.08. The van der Waals surface area contributed by atoms with Gasteiger partial charge in [-0.2, -0.15) is 0 Å². The van der Waals surface area contributed by atoms with Crippen molar-refractivity contribution in [2.24, 2.45) is 0 Å². The average Bonchev–Trinajstić information content (AvgIpc) is 2.05. The van der Waals surface area contributed by atoms with Crippen LogP contribution in [-0.2, 0) is 0 Å². The first kappa shape index (κ1) is 6.81. The van der Waals surface area contributed by atoms with Gasteiger partial charge in [0.15, 0.2) is 0 Å². The van der Waals surface area contributed by atoms with E-state index in [0.717, 1.165) is 5.69 Å². The topological polar surface area (TPSA) is 16.1 Å². The number of nitrogens with zero attached hydrogens (tertiary/aromatic N) is 2. The minimum atomic E-state index is 1.10. The molecule has 2 heteroatoms. The predicted octanol–water partition coefficient (Wildman–Crippen LogP) is 1.66. The summed E-state index contributed by atoms with van der Waals surface area (Å²) in [5, 5.41) is 0. The quantitative estimate of drug-likeness (QED) is 0.611. The van der Waals surface area contributed by atoms with Gasteiger partial charge in [0, 0.05) is 25.1 Å². The van der Waals surface area contributed by atoms with Crippen molar-refractivity contribution in [2.45, 2.75) is 0 Å². The lowest BCUT2D eigenvalue weighted by Gasteiger charge is -2.11. The zero-order chi connectivity index (χ0) is 7.40. The summed E-state index contributed by atoms with van der Waals surface area (Å²) in [7, 11) is 1.95. The third kappa shape index (κ3) is 1.35. The van der Waals surface area contributed by atoms with Crippen LogP contribution in [0, 0.1) is 0 Å². The van der Waals surface area contributed by atoms with Gasteiger partial charge in [-0.15, -0.1) is 0 Å². The number of hydrogen-bond donors (Lipinski definition) is 0. The molecule has 0 aliphatic rings. The van der Waals surface area contributed by atoms with Crippen molar-refractivity contribution in [2.75, 3.05) is 11.9 Å². The first-order chi connectivity index (χ1) is 4.84. The van der Waals surface area contributed by atoms with Gasteiger partial charge in [-0.3, -0.25) is 4.98 Å². The van der Waals surface area contributed by atoms with E-state index in [-0.39, 0.29) is 0 Å². The minimum Gasteiger partial charge on any atom is -0.352 e. The molecular formula is C8H10N2. The van der Waals surface area contributed by atoms with E-state index in [4.69, 9.17) is 0 Å². The monoisotopic (exact) mass is 134 g/mol. The van der Waals surface area contributed by atoms with Crippen molar-refractivity contribution in [3.63, 3.8) is 0 Å². The molecule has 0 aromatic carbocycles. The summed E-state index contributed by atoms with van der Waals surface area (Å²) in [4.78, 5) is 5.83. The fourth-order valence-electron chi connectivity index (χ4n) is 0.685. The lowest BCUT2D eigenvalue weighted by Crippen LogP contribution is -2.06. The lowest BCUT2D eigenvalue weighted by molar-refractivity contribution is 1.19. The van der Waals surface area contributed by atoms with Gasteiger partial charge in [0.1, 0.15) is 0 Å². The van der Waals surface area contributed by atoms with Crippen LogP contribution in [0.5, 0.6) is 0 Å². The third-order valence-electron chi connectivity index (χ3n) is 1.34. The summed E-state index contributed by atoms with van der Waals surface area (Å²) in [5.41, 5.74) is 1.10. The summed E-state index contributed by atoms with van der Waals surface area (Å²) in [6.45, 7) is 3.64. The molecule has 0 saturated carbocycles. The molecule has 1 aromatic rings. The molecule has 0 aliphatic carbocycles. The first-order valence-corrected chi connectivity index (χ1v) is 3.10. The van der Waals surface area contributed by atoms with Gasteiger partial charge in [0.2, 0.25) is 0 Å². The van der Waals surface area contributed by atoms with E-state index >= 15 is 0 Å². The Balaban J connectivity index is 2.84. The van der Waals surface area contributed by atoms with E-state index in [2.05, 4.69) is 11.6 Å². The predicted molar refractivity (Wildman–Crippen MR) is 42.8 cm³/mol. The summed E-state index contributed by atoms with van der Waals surface area (Å²) in [5.74, 6) is 0. The Hall–Kier alpha value is -1.31. The van der Waals surface area contributed by atoms with Gasteiger partial charge in [-0.1, -0.05) is 6.58 Å². The summed E-state index contributed by atoms with van der Waals surface area (Å²) in [6.07, 6.45) is 5.28. The van der Waals surface area contributed by atoms with Crippen molar-refractivity contribution in [3.05, 3.63) is 37.3 Å². The summed E-state index contributed by atoms with van der Waals surface area (Å²) >= 11 is 0.